The van der Waals surface area contributed by atoms with E-state index in [0.717, 1.165) is 27.9 Å². The molecule has 3 heterocycles. The standard InChI is InChI=1S/C29H25Cl2N3O3/c1-15-22(13-32-34-15)17-7-10-19(24(31)11-17)25-20(16-5-8-18(30)9-6-16)12-21-23(14-35)26(37-28(21)33-25)27(36)29(2,3)4/h5-13,35H,14H2,1-4H3,(H,32,34). The zero-order valence-corrected chi connectivity index (χ0v) is 22.3. The van der Waals surface area contributed by atoms with Crippen molar-refractivity contribution < 1.29 is 14.3 Å². The number of furan rings is 1. The monoisotopic (exact) mass is 533 g/mol. The summed E-state index contributed by atoms with van der Waals surface area (Å²) in [7, 11) is 0. The van der Waals surface area contributed by atoms with E-state index in [4.69, 9.17) is 32.6 Å². The van der Waals surface area contributed by atoms with Crippen molar-refractivity contribution in [1.82, 2.24) is 15.2 Å². The number of fused-ring (bicyclic) bond motifs is 1. The van der Waals surface area contributed by atoms with Crippen molar-refractivity contribution >= 4 is 40.1 Å². The molecule has 2 N–H and O–H groups in total. The van der Waals surface area contributed by atoms with E-state index in [1.807, 2.05) is 70.3 Å². The number of aromatic nitrogens is 3. The van der Waals surface area contributed by atoms with Crippen molar-refractivity contribution in [1.29, 1.82) is 0 Å². The van der Waals surface area contributed by atoms with Gasteiger partial charge in [0.2, 0.25) is 11.5 Å². The van der Waals surface area contributed by atoms with E-state index in [9.17, 15) is 9.90 Å². The summed E-state index contributed by atoms with van der Waals surface area (Å²) in [4.78, 5) is 18.0. The summed E-state index contributed by atoms with van der Waals surface area (Å²) in [5.41, 5.74) is 5.64. The number of carbonyl (C=O) groups is 1. The van der Waals surface area contributed by atoms with Gasteiger partial charge in [0.05, 0.1) is 23.0 Å². The van der Waals surface area contributed by atoms with Gasteiger partial charge in [-0.3, -0.25) is 9.89 Å². The molecule has 0 saturated carbocycles. The Morgan fingerprint density at radius 3 is 2.30 bits per heavy atom. The normalized spacial score (nSPS) is 11.9. The van der Waals surface area contributed by atoms with Gasteiger partial charge in [-0.05, 0) is 42.3 Å². The predicted octanol–water partition coefficient (Wildman–Crippen LogP) is 7.89. The zero-order chi connectivity index (χ0) is 26.5. The Hall–Kier alpha value is -3.45. The first-order valence-electron chi connectivity index (χ1n) is 11.8. The lowest BCUT2D eigenvalue weighted by Gasteiger charge is -2.15. The van der Waals surface area contributed by atoms with Crippen LogP contribution in [0.2, 0.25) is 10.0 Å². The van der Waals surface area contributed by atoms with Crippen LogP contribution < -0.4 is 0 Å². The summed E-state index contributed by atoms with van der Waals surface area (Å²) in [5, 5.41) is 19.0. The van der Waals surface area contributed by atoms with Crippen molar-refractivity contribution in [2.24, 2.45) is 5.41 Å². The Morgan fingerprint density at radius 1 is 1.00 bits per heavy atom. The van der Waals surface area contributed by atoms with Crippen LogP contribution >= 0.6 is 23.2 Å². The average molecular weight is 534 g/mol. The molecule has 0 aliphatic heterocycles. The molecule has 2 aromatic carbocycles. The first kappa shape index (κ1) is 25.2. The number of Topliss-reactive ketones (excluding diaryl/α,β-unsaturated/α-hetero) is 1. The predicted molar refractivity (Wildman–Crippen MR) is 147 cm³/mol. The molecular formula is C29H25Cl2N3O3. The summed E-state index contributed by atoms with van der Waals surface area (Å²) in [6.45, 7) is 7.00. The number of H-pyrrole nitrogens is 1. The number of carbonyl (C=O) groups excluding carboxylic acids is 1. The highest BCUT2D eigenvalue weighted by Crippen LogP contribution is 2.41. The fourth-order valence-electron chi connectivity index (χ4n) is 4.33. The number of aliphatic hydroxyl groups is 1. The number of pyridine rings is 1. The third kappa shape index (κ3) is 4.57. The molecule has 5 aromatic rings. The molecule has 0 amide bonds. The van der Waals surface area contributed by atoms with Crippen LogP contribution in [0.25, 0.3) is 44.6 Å². The van der Waals surface area contributed by atoms with Crippen molar-refractivity contribution in [3.05, 3.63) is 81.8 Å². The average Bonchev–Trinajstić information content (AvgIpc) is 3.45. The van der Waals surface area contributed by atoms with Gasteiger partial charge >= 0.3 is 0 Å². The van der Waals surface area contributed by atoms with E-state index < -0.39 is 5.41 Å². The highest BCUT2D eigenvalue weighted by Gasteiger charge is 2.31. The SMILES string of the molecule is Cc1n[nH]cc1-c1ccc(-c2nc3oc(C(=O)C(C)(C)C)c(CO)c3cc2-c2ccc(Cl)cc2)c(Cl)c1. The number of aromatic amines is 1. The number of nitrogens with zero attached hydrogens (tertiary/aromatic N) is 2. The van der Waals surface area contributed by atoms with E-state index >= 15 is 0 Å². The molecule has 0 fully saturated rings. The first-order chi connectivity index (χ1) is 17.6. The van der Waals surface area contributed by atoms with Crippen molar-refractivity contribution in [2.75, 3.05) is 0 Å². The molecule has 8 heteroatoms. The molecule has 0 saturated heterocycles. The Kier molecular flexibility index (Phi) is 6.44. The minimum Gasteiger partial charge on any atom is -0.434 e. The van der Waals surface area contributed by atoms with Gasteiger partial charge in [-0.15, -0.1) is 0 Å². The van der Waals surface area contributed by atoms with Crippen LogP contribution in [0.1, 0.15) is 42.6 Å². The second-order valence-electron chi connectivity index (χ2n) is 9.97. The molecule has 37 heavy (non-hydrogen) atoms. The van der Waals surface area contributed by atoms with Gasteiger partial charge in [0.25, 0.3) is 0 Å². The van der Waals surface area contributed by atoms with Gasteiger partial charge in [-0.2, -0.15) is 5.10 Å². The second-order valence-corrected chi connectivity index (χ2v) is 10.8. The first-order valence-corrected chi connectivity index (χ1v) is 12.5. The molecule has 0 radical (unpaired) electrons. The van der Waals surface area contributed by atoms with E-state index in [0.29, 0.717) is 32.3 Å². The number of aliphatic hydroxyl groups excluding tert-OH is 1. The van der Waals surface area contributed by atoms with Gasteiger partial charge < -0.3 is 9.52 Å². The van der Waals surface area contributed by atoms with Crippen molar-refractivity contribution in [3.8, 4) is 33.5 Å². The lowest BCUT2D eigenvalue weighted by atomic mass is 9.88. The molecule has 0 spiro atoms. The third-order valence-electron chi connectivity index (χ3n) is 6.35. The maximum atomic E-state index is 13.1. The third-order valence-corrected chi connectivity index (χ3v) is 6.92. The summed E-state index contributed by atoms with van der Waals surface area (Å²) < 4.78 is 5.99. The number of hydrogen-bond donors (Lipinski definition) is 2. The van der Waals surface area contributed by atoms with Crippen LogP contribution in [0, 0.1) is 12.3 Å². The number of ketones is 1. The molecule has 0 unspecified atom stereocenters. The number of aryl methyl sites for hydroxylation is 1. The smallest absolute Gasteiger partial charge is 0.227 e. The molecule has 5 rings (SSSR count). The molecule has 0 bridgehead atoms. The zero-order valence-electron chi connectivity index (χ0n) is 20.8. The summed E-state index contributed by atoms with van der Waals surface area (Å²) in [5.74, 6) is -0.0874. The van der Waals surface area contributed by atoms with E-state index in [2.05, 4.69) is 10.2 Å². The summed E-state index contributed by atoms with van der Waals surface area (Å²) in [6, 6.07) is 15.0. The summed E-state index contributed by atoms with van der Waals surface area (Å²) in [6.07, 6.45) is 1.83. The number of rotatable bonds is 5. The van der Waals surface area contributed by atoms with Crippen LogP contribution in [-0.4, -0.2) is 26.1 Å². The molecule has 0 atom stereocenters. The Labute approximate surface area is 224 Å². The van der Waals surface area contributed by atoms with Crippen molar-refractivity contribution in [2.45, 2.75) is 34.3 Å². The van der Waals surface area contributed by atoms with E-state index in [1.54, 1.807) is 12.1 Å². The van der Waals surface area contributed by atoms with Crippen LogP contribution in [0.4, 0.5) is 0 Å². The second kappa shape index (κ2) is 9.45. The Bertz CT molecular complexity index is 1640. The van der Waals surface area contributed by atoms with Gasteiger partial charge in [-0.25, -0.2) is 4.98 Å². The maximum Gasteiger partial charge on any atom is 0.227 e. The van der Waals surface area contributed by atoms with Gasteiger partial charge in [0, 0.05) is 44.3 Å². The quantitative estimate of drug-likeness (QED) is 0.224. The number of hydrogen-bond acceptors (Lipinski definition) is 5. The Morgan fingerprint density at radius 2 is 1.70 bits per heavy atom. The topological polar surface area (TPSA) is 92.0 Å². The highest BCUT2D eigenvalue weighted by molar-refractivity contribution is 6.34. The van der Waals surface area contributed by atoms with Crippen molar-refractivity contribution in [3.63, 3.8) is 0 Å². The van der Waals surface area contributed by atoms with Gasteiger partial charge in [0.15, 0.2) is 5.76 Å². The van der Waals surface area contributed by atoms with Crippen LogP contribution in [-0.2, 0) is 6.61 Å². The fraction of sp³-hybridized carbons (Fsp3) is 0.207. The summed E-state index contributed by atoms with van der Waals surface area (Å²) >= 11 is 13.0. The maximum absolute atomic E-state index is 13.1. The molecule has 3 aromatic heterocycles. The fourth-order valence-corrected chi connectivity index (χ4v) is 4.73. The largest absolute Gasteiger partial charge is 0.434 e. The molecule has 0 aliphatic carbocycles. The van der Waals surface area contributed by atoms with Gasteiger partial charge in [0.1, 0.15) is 0 Å². The number of halogens is 2. The number of benzene rings is 2. The van der Waals surface area contributed by atoms with E-state index in [1.165, 1.54) is 0 Å². The highest BCUT2D eigenvalue weighted by atomic mass is 35.5. The minimum absolute atomic E-state index is 0.119. The number of nitrogens with one attached hydrogen (secondary N) is 1. The van der Waals surface area contributed by atoms with Crippen LogP contribution in [0.5, 0.6) is 0 Å². The lowest BCUT2D eigenvalue weighted by Crippen LogP contribution is -2.20. The van der Waals surface area contributed by atoms with Crippen LogP contribution in [0.15, 0.2) is 59.1 Å². The molecule has 0 aliphatic rings. The molecule has 188 valence electrons. The lowest BCUT2D eigenvalue weighted by molar-refractivity contribution is 0.0826. The van der Waals surface area contributed by atoms with Crippen LogP contribution in [0.3, 0.4) is 0 Å². The molecular weight excluding hydrogens is 509 g/mol. The molecule has 6 nitrogen and oxygen atoms in total. The Balaban J connectivity index is 1.76. The van der Waals surface area contributed by atoms with E-state index in [-0.39, 0.29) is 23.9 Å². The minimum atomic E-state index is -0.690. The van der Waals surface area contributed by atoms with Gasteiger partial charge in [-0.1, -0.05) is 68.2 Å².